The van der Waals surface area contributed by atoms with Crippen LogP contribution in [0.1, 0.15) is 36.0 Å². The third-order valence-electron chi connectivity index (χ3n) is 3.03. The van der Waals surface area contributed by atoms with Crippen LogP contribution in [0.4, 0.5) is 0 Å². The van der Waals surface area contributed by atoms with Gasteiger partial charge in [0, 0.05) is 19.3 Å². The number of rotatable bonds is 6. The number of aliphatic hydroxyl groups is 1. The quantitative estimate of drug-likeness (QED) is 0.780. The van der Waals surface area contributed by atoms with E-state index in [0.29, 0.717) is 12.8 Å². The molecule has 0 saturated heterocycles. The molecule has 0 aliphatic carbocycles. The molecule has 0 bridgehead atoms. The van der Waals surface area contributed by atoms with E-state index < -0.39 is 15.9 Å². The van der Waals surface area contributed by atoms with Crippen LogP contribution in [-0.2, 0) is 10.0 Å². The summed E-state index contributed by atoms with van der Waals surface area (Å²) >= 11 is 0. The van der Waals surface area contributed by atoms with Crippen molar-refractivity contribution in [1.82, 2.24) is 9.29 Å². The number of fused-ring (bicyclic) bond motifs is 1. The van der Waals surface area contributed by atoms with Crippen LogP contribution in [0.3, 0.4) is 0 Å². The molecule has 0 aromatic carbocycles. The fourth-order valence-electron chi connectivity index (χ4n) is 2.05. The number of carbonyl (C=O) groups is 1. The summed E-state index contributed by atoms with van der Waals surface area (Å²) in [6, 6.07) is 3.03. The third kappa shape index (κ3) is 2.62. The van der Waals surface area contributed by atoms with Crippen LogP contribution < -0.4 is 0 Å². The summed E-state index contributed by atoms with van der Waals surface area (Å²) in [5.41, 5.74) is 0.151. The van der Waals surface area contributed by atoms with Gasteiger partial charge in [-0.2, -0.15) is 8.42 Å². The van der Waals surface area contributed by atoms with E-state index in [1.54, 1.807) is 6.07 Å². The maximum absolute atomic E-state index is 12.1. The molecule has 2 heterocycles. The topological polar surface area (TPSA) is 87.6 Å². The highest BCUT2D eigenvalue weighted by atomic mass is 32.2. The van der Waals surface area contributed by atoms with Crippen molar-refractivity contribution in [2.24, 2.45) is 0 Å². The first-order valence-corrected chi connectivity index (χ1v) is 7.66. The molecular weight excluding hydrogens is 268 g/mol. The average Bonchev–Trinajstić information content (AvgIpc) is 2.60. The molecule has 1 amide bonds. The summed E-state index contributed by atoms with van der Waals surface area (Å²) < 4.78 is 25.1. The number of hydrogen-bond acceptors (Lipinski definition) is 5. The minimum absolute atomic E-state index is 0.135. The van der Waals surface area contributed by atoms with E-state index in [1.807, 2.05) is 0 Å². The van der Waals surface area contributed by atoms with Gasteiger partial charge in [-0.25, -0.2) is 9.29 Å². The van der Waals surface area contributed by atoms with Crippen molar-refractivity contribution in [1.29, 1.82) is 0 Å². The largest absolute Gasteiger partial charge is 0.396 e. The van der Waals surface area contributed by atoms with E-state index in [1.165, 1.54) is 12.3 Å². The minimum atomic E-state index is -3.77. The molecule has 0 fully saturated rings. The number of aliphatic hydroxyl groups excluding tert-OH is 1. The van der Waals surface area contributed by atoms with E-state index in [-0.39, 0.29) is 23.7 Å². The first-order valence-electron chi connectivity index (χ1n) is 6.22. The molecule has 0 radical (unpaired) electrons. The van der Waals surface area contributed by atoms with Crippen molar-refractivity contribution < 1.29 is 18.3 Å². The summed E-state index contributed by atoms with van der Waals surface area (Å²) in [4.78, 5) is 15.8. The molecule has 6 nitrogen and oxygen atoms in total. The number of sulfonamides is 1. The number of nitrogens with zero attached hydrogens (tertiary/aromatic N) is 2. The Morgan fingerprint density at radius 1 is 1.21 bits per heavy atom. The predicted molar refractivity (Wildman–Crippen MR) is 68.0 cm³/mol. The predicted octanol–water partition coefficient (Wildman–Crippen LogP) is 0.779. The zero-order valence-corrected chi connectivity index (χ0v) is 11.3. The van der Waals surface area contributed by atoms with Crippen molar-refractivity contribution in [2.75, 3.05) is 13.2 Å². The molecule has 1 N–H and O–H groups in total. The smallest absolute Gasteiger partial charge is 0.285 e. The van der Waals surface area contributed by atoms with Crippen molar-refractivity contribution in [3.8, 4) is 0 Å². The van der Waals surface area contributed by atoms with Crippen LogP contribution in [0, 0.1) is 0 Å². The van der Waals surface area contributed by atoms with E-state index in [9.17, 15) is 13.2 Å². The summed E-state index contributed by atoms with van der Waals surface area (Å²) in [6.07, 6.45) is 4.27. The Bertz CT molecular complexity index is 571. The number of unbranched alkanes of at least 4 members (excludes halogenated alkanes) is 3. The van der Waals surface area contributed by atoms with Gasteiger partial charge in [0.05, 0.1) is 5.56 Å². The molecule has 1 aromatic heterocycles. The Hall–Kier alpha value is -1.47. The van der Waals surface area contributed by atoms with Crippen LogP contribution in [0.5, 0.6) is 0 Å². The zero-order chi connectivity index (χ0) is 13.9. The van der Waals surface area contributed by atoms with Gasteiger partial charge in [0.1, 0.15) is 0 Å². The lowest BCUT2D eigenvalue weighted by molar-refractivity contribution is 0.0869. The summed E-state index contributed by atoms with van der Waals surface area (Å²) in [5, 5.41) is 8.51. The maximum Gasteiger partial charge on any atom is 0.285 e. The molecule has 0 unspecified atom stereocenters. The highest BCUT2D eigenvalue weighted by Crippen LogP contribution is 2.28. The molecule has 1 aromatic rings. The molecular formula is C12H16N2O4S. The lowest BCUT2D eigenvalue weighted by Gasteiger charge is -2.14. The van der Waals surface area contributed by atoms with E-state index >= 15 is 0 Å². The molecule has 104 valence electrons. The van der Waals surface area contributed by atoms with Crippen LogP contribution >= 0.6 is 0 Å². The molecule has 0 spiro atoms. The van der Waals surface area contributed by atoms with Crippen LogP contribution in [-0.4, -0.2) is 41.9 Å². The third-order valence-corrected chi connectivity index (χ3v) is 4.77. The highest BCUT2D eigenvalue weighted by molar-refractivity contribution is 7.90. The molecule has 1 aliphatic rings. The SMILES string of the molecule is O=C1c2cccnc2S(=O)(=O)N1CCCCCCO. The van der Waals surface area contributed by atoms with Gasteiger partial charge in [-0.15, -0.1) is 0 Å². The molecule has 2 rings (SSSR count). The summed E-state index contributed by atoms with van der Waals surface area (Å²) in [7, 11) is -3.77. The van der Waals surface area contributed by atoms with Gasteiger partial charge in [0.2, 0.25) is 0 Å². The zero-order valence-electron chi connectivity index (χ0n) is 10.4. The van der Waals surface area contributed by atoms with Gasteiger partial charge in [-0.1, -0.05) is 12.8 Å². The molecule has 7 heteroatoms. The van der Waals surface area contributed by atoms with E-state index in [2.05, 4.69) is 4.98 Å². The average molecular weight is 284 g/mol. The van der Waals surface area contributed by atoms with Crippen LogP contribution in [0.15, 0.2) is 23.4 Å². The fourth-order valence-corrected chi connectivity index (χ4v) is 3.57. The van der Waals surface area contributed by atoms with E-state index in [0.717, 1.165) is 17.1 Å². The van der Waals surface area contributed by atoms with E-state index in [4.69, 9.17) is 5.11 Å². The van der Waals surface area contributed by atoms with Crippen molar-refractivity contribution in [3.63, 3.8) is 0 Å². The highest BCUT2D eigenvalue weighted by Gasteiger charge is 2.41. The molecule has 19 heavy (non-hydrogen) atoms. The molecule has 0 saturated carbocycles. The maximum atomic E-state index is 12.1. The number of hydrogen-bond donors (Lipinski definition) is 1. The Balaban J connectivity index is 2.06. The number of amides is 1. The van der Waals surface area contributed by atoms with Gasteiger partial charge < -0.3 is 5.11 Å². The second kappa shape index (κ2) is 5.66. The number of aromatic nitrogens is 1. The first kappa shape index (κ1) is 14.0. The Labute approximate surface area is 112 Å². The number of carbonyl (C=O) groups excluding carboxylic acids is 1. The van der Waals surface area contributed by atoms with Gasteiger partial charge in [-0.3, -0.25) is 4.79 Å². The van der Waals surface area contributed by atoms with Gasteiger partial charge in [-0.05, 0) is 25.0 Å². The van der Waals surface area contributed by atoms with Crippen molar-refractivity contribution in [2.45, 2.75) is 30.7 Å². The summed E-state index contributed by atoms with van der Waals surface area (Å²) in [5.74, 6) is -0.495. The Kier molecular flexibility index (Phi) is 4.16. The van der Waals surface area contributed by atoms with Crippen LogP contribution in [0.25, 0.3) is 0 Å². The number of pyridine rings is 1. The minimum Gasteiger partial charge on any atom is -0.396 e. The second-order valence-electron chi connectivity index (χ2n) is 4.38. The molecule has 0 atom stereocenters. The molecule has 1 aliphatic heterocycles. The Morgan fingerprint density at radius 3 is 2.63 bits per heavy atom. The standard InChI is InChI=1S/C12H16N2O4S/c15-9-4-2-1-3-8-14-12(16)10-6-5-7-13-11(10)19(14,17)18/h5-7,15H,1-4,8-9H2. The van der Waals surface area contributed by atoms with Gasteiger partial charge >= 0.3 is 0 Å². The normalized spacial score (nSPS) is 16.7. The fraction of sp³-hybridized carbons (Fsp3) is 0.500. The summed E-state index contributed by atoms with van der Waals surface area (Å²) in [6.45, 7) is 0.305. The second-order valence-corrected chi connectivity index (χ2v) is 6.15. The van der Waals surface area contributed by atoms with Gasteiger partial charge in [0.25, 0.3) is 15.9 Å². The lowest BCUT2D eigenvalue weighted by atomic mass is 10.2. The van der Waals surface area contributed by atoms with Crippen molar-refractivity contribution >= 4 is 15.9 Å². The monoisotopic (exact) mass is 284 g/mol. The lowest BCUT2D eigenvalue weighted by Crippen LogP contribution is -2.31. The van der Waals surface area contributed by atoms with Gasteiger partial charge in [0.15, 0.2) is 5.03 Å². The van der Waals surface area contributed by atoms with Crippen LogP contribution in [0.2, 0.25) is 0 Å². The van der Waals surface area contributed by atoms with Crippen molar-refractivity contribution in [3.05, 3.63) is 23.9 Å². The Morgan fingerprint density at radius 2 is 1.95 bits per heavy atom. The first-order chi connectivity index (χ1) is 9.09.